The van der Waals surface area contributed by atoms with Crippen molar-refractivity contribution in [1.82, 2.24) is 5.32 Å². The van der Waals surface area contributed by atoms with Gasteiger partial charge < -0.3 is 15.2 Å². The van der Waals surface area contributed by atoms with Crippen molar-refractivity contribution in [2.45, 2.75) is 19.1 Å². The molecule has 0 spiro atoms. The van der Waals surface area contributed by atoms with E-state index in [9.17, 15) is 14.7 Å². The predicted molar refractivity (Wildman–Crippen MR) is 111 cm³/mol. The highest BCUT2D eigenvalue weighted by molar-refractivity contribution is 6.33. The van der Waals surface area contributed by atoms with Crippen molar-refractivity contribution in [3.63, 3.8) is 0 Å². The molecule has 0 unspecified atom stereocenters. The largest absolute Gasteiger partial charge is 0.489 e. The summed E-state index contributed by atoms with van der Waals surface area (Å²) in [5.74, 6) is -0.954. The van der Waals surface area contributed by atoms with Crippen LogP contribution in [0.25, 0.3) is 0 Å². The number of carboxylic acid groups (broad SMARTS) is 1. The number of carboxylic acids is 1. The van der Waals surface area contributed by atoms with Crippen molar-refractivity contribution < 1.29 is 19.4 Å². The summed E-state index contributed by atoms with van der Waals surface area (Å²) in [5.41, 5.74) is 2.07. The van der Waals surface area contributed by atoms with Crippen molar-refractivity contribution >= 4 is 23.5 Å². The van der Waals surface area contributed by atoms with Crippen molar-refractivity contribution in [2.75, 3.05) is 0 Å². The second-order valence-corrected chi connectivity index (χ2v) is 6.87. The number of hydrogen-bond donors (Lipinski definition) is 2. The normalized spacial score (nSPS) is 11.5. The Morgan fingerprint density at radius 1 is 0.897 bits per heavy atom. The Bertz CT molecular complexity index is 974. The maximum absolute atomic E-state index is 12.4. The van der Waals surface area contributed by atoms with E-state index < -0.39 is 17.9 Å². The summed E-state index contributed by atoms with van der Waals surface area (Å²) in [6.07, 6.45) is 0.143. The van der Waals surface area contributed by atoms with Gasteiger partial charge in [0.05, 0.1) is 10.6 Å². The molecule has 0 fully saturated rings. The number of hydrogen-bond acceptors (Lipinski definition) is 3. The number of ether oxygens (including phenoxy) is 1. The van der Waals surface area contributed by atoms with Crippen LogP contribution in [0.15, 0.2) is 78.9 Å². The van der Waals surface area contributed by atoms with Crippen molar-refractivity contribution in [3.8, 4) is 5.75 Å². The van der Waals surface area contributed by atoms with E-state index in [1.54, 1.807) is 48.5 Å². The highest BCUT2D eigenvalue weighted by atomic mass is 35.5. The zero-order valence-electron chi connectivity index (χ0n) is 15.5. The van der Waals surface area contributed by atoms with Gasteiger partial charge in [-0.05, 0) is 35.4 Å². The van der Waals surface area contributed by atoms with Crippen LogP contribution < -0.4 is 10.1 Å². The van der Waals surface area contributed by atoms with Crippen LogP contribution in [-0.2, 0) is 17.8 Å². The van der Waals surface area contributed by atoms with Gasteiger partial charge in [0.15, 0.2) is 0 Å². The maximum atomic E-state index is 12.4. The predicted octanol–water partition coefficient (Wildman–Crippen LogP) is 4.34. The minimum atomic E-state index is -1.12. The van der Waals surface area contributed by atoms with Crippen molar-refractivity contribution in [3.05, 3.63) is 101 Å². The summed E-state index contributed by atoms with van der Waals surface area (Å²) in [6.45, 7) is 0.450. The third kappa shape index (κ3) is 5.83. The van der Waals surface area contributed by atoms with Crippen molar-refractivity contribution in [2.24, 2.45) is 0 Å². The zero-order chi connectivity index (χ0) is 20.6. The topological polar surface area (TPSA) is 75.6 Å². The lowest BCUT2D eigenvalue weighted by Gasteiger charge is -2.15. The summed E-state index contributed by atoms with van der Waals surface area (Å²) in [7, 11) is 0. The second kappa shape index (κ2) is 9.75. The Morgan fingerprint density at radius 2 is 1.55 bits per heavy atom. The first kappa shape index (κ1) is 20.4. The number of halogens is 1. The lowest BCUT2D eigenvalue weighted by atomic mass is 10.1. The number of carbonyl (C=O) groups is 2. The van der Waals surface area contributed by atoms with Gasteiger partial charge in [-0.15, -0.1) is 0 Å². The van der Waals surface area contributed by atoms with E-state index in [0.29, 0.717) is 12.4 Å². The van der Waals surface area contributed by atoms with E-state index in [1.165, 1.54) is 0 Å². The van der Waals surface area contributed by atoms with Gasteiger partial charge >= 0.3 is 5.97 Å². The summed E-state index contributed by atoms with van der Waals surface area (Å²) >= 11 is 6.01. The van der Waals surface area contributed by atoms with Gasteiger partial charge in [0, 0.05) is 6.42 Å². The molecule has 3 aromatic carbocycles. The highest BCUT2D eigenvalue weighted by Gasteiger charge is 2.22. The van der Waals surface area contributed by atoms with Crippen LogP contribution in [0, 0.1) is 0 Å². The fraction of sp³-hybridized carbons (Fsp3) is 0.130. The van der Waals surface area contributed by atoms with Gasteiger partial charge in [0.25, 0.3) is 5.91 Å². The molecule has 0 aromatic heterocycles. The molecule has 5 nitrogen and oxygen atoms in total. The maximum Gasteiger partial charge on any atom is 0.326 e. The molecule has 1 amide bonds. The lowest BCUT2D eigenvalue weighted by molar-refractivity contribution is -0.139. The molecule has 29 heavy (non-hydrogen) atoms. The third-order valence-corrected chi connectivity index (χ3v) is 4.66. The Hall–Kier alpha value is -3.31. The molecule has 0 aliphatic rings. The SMILES string of the molecule is O=C(N[C@@H](Cc1ccc(OCc2ccccc2)cc1)C(=O)O)c1ccccc1Cl. The summed E-state index contributed by atoms with van der Waals surface area (Å²) < 4.78 is 5.73. The van der Waals surface area contributed by atoms with E-state index >= 15 is 0 Å². The third-order valence-electron chi connectivity index (χ3n) is 4.33. The monoisotopic (exact) mass is 409 g/mol. The van der Waals surface area contributed by atoms with Gasteiger partial charge in [0.2, 0.25) is 0 Å². The van der Waals surface area contributed by atoms with Crippen LogP contribution in [-0.4, -0.2) is 23.0 Å². The summed E-state index contributed by atoms with van der Waals surface area (Å²) in [4.78, 5) is 24.0. The summed E-state index contributed by atoms with van der Waals surface area (Å²) in [5, 5.41) is 12.3. The van der Waals surface area contributed by atoms with Crippen LogP contribution in [0.3, 0.4) is 0 Å². The molecule has 3 aromatic rings. The highest BCUT2D eigenvalue weighted by Crippen LogP contribution is 2.17. The Morgan fingerprint density at radius 3 is 2.21 bits per heavy atom. The molecule has 0 saturated carbocycles. The molecule has 2 N–H and O–H groups in total. The molecule has 0 saturated heterocycles. The summed E-state index contributed by atoms with van der Waals surface area (Å²) in [6, 6.07) is 22.4. The Balaban J connectivity index is 1.61. The quantitative estimate of drug-likeness (QED) is 0.580. The number of amides is 1. The van der Waals surface area contributed by atoms with E-state index in [4.69, 9.17) is 16.3 Å². The smallest absolute Gasteiger partial charge is 0.326 e. The molecule has 148 valence electrons. The van der Waals surface area contributed by atoms with Gasteiger partial charge in [-0.3, -0.25) is 4.79 Å². The molecule has 1 atom stereocenters. The Labute approximate surface area is 173 Å². The fourth-order valence-electron chi connectivity index (χ4n) is 2.78. The average molecular weight is 410 g/mol. The molecule has 0 bridgehead atoms. The number of rotatable bonds is 8. The number of nitrogens with one attached hydrogen (secondary N) is 1. The van der Waals surface area contributed by atoms with Gasteiger partial charge in [-0.2, -0.15) is 0 Å². The lowest BCUT2D eigenvalue weighted by Crippen LogP contribution is -2.42. The van der Waals surface area contributed by atoms with Crippen LogP contribution >= 0.6 is 11.6 Å². The van der Waals surface area contributed by atoms with Crippen molar-refractivity contribution in [1.29, 1.82) is 0 Å². The molecule has 0 radical (unpaired) electrons. The van der Waals surface area contributed by atoms with E-state index in [1.807, 2.05) is 30.3 Å². The molecular formula is C23H20ClNO4. The molecule has 3 rings (SSSR count). The van der Waals surface area contributed by atoms with Crippen LogP contribution in [0.2, 0.25) is 5.02 Å². The molecule has 0 heterocycles. The number of aliphatic carboxylic acids is 1. The Kier molecular flexibility index (Phi) is 6.87. The van der Waals surface area contributed by atoms with Crippen LogP contribution in [0.1, 0.15) is 21.5 Å². The van der Waals surface area contributed by atoms with Gasteiger partial charge in [-0.25, -0.2) is 4.79 Å². The van der Waals surface area contributed by atoms with Crippen LogP contribution in [0.4, 0.5) is 0 Å². The minimum Gasteiger partial charge on any atom is -0.489 e. The molecular weight excluding hydrogens is 390 g/mol. The first-order chi connectivity index (χ1) is 14.0. The standard InChI is InChI=1S/C23H20ClNO4/c24-20-9-5-4-8-19(20)22(26)25-21(23(27)28)14-16-10-12-18(13-11-16)29-15-17-6-2-1-3-7-17/h1-13,21H,14-15H2,(H,25,26)(H,27,28)/t21-/m0/s1. The average Bonchev–Trinajstić information content (AvgIpc) is 2.73. The number of carbonyl (C=O) groups excluding carboxylic acids is 1. The van der Waals surface area contributed by atoms with Gasteiger partial charge in [-0.1, -0.05) is 66.2 Å². The first-order valence-electron chi connectivity index (χ1n) is 9.07. The second-order valence-electron chi connectivity index (χ2n) is 6.47. The van der Waals surface area contributed by atoms with Crippen LogP contribution in [0.5, 0.6) is 5.75 Å². The molecule has 0 aliphatic carbocycles. The number of benzene rings is 3. The first-order valence-corrected chi connectivity index (χ1v) is 9.44. The van der Waals surface area contributed by atoms with E-state index in [0.717, 1.165) is 11.1 Å². The molecule has 0 aliphatic heterocycles. The fourth-order valence-corrected chi connectivity index (χ4v) is 3.00. The van der Waals surface area contributed by atoms with E-state index in [-0.39, 0.29) is 17.0 Å². The molecule has 6 heteroatoms. The zero-order valence-corrected chi connectivity index (χ0v) is 16.3. The van der Waals surface area contributed by atoms with Gasteiger partial charge in [0.1, 0.15) is 18.4 Å². The minimum absolute atomic E-state index is 0.143. The van der Waals surface area contributed by atoms with E-state index in [2.05, 4.69) is 5.32 Å².